The van der Waals surface area contributed by atoms with Crippen LogP contribution in [0.2, 0.25) is 10.0 Å². The molecule has 0 unspecified atom stereocenters. The minimum atomic E-state index is -3.32. The first-order chi connectivity index (χ1) is 9.85. The summed E-state index contributed by atoms with van der Waals surface area (Å²) in [6.45, 7) is 0.499. The van der Waals surface area contributed by atoms with Crippen LogP contribution in [0, 0.1) is 0 Å². The van der Waals surface area contributed by atoms with Crippen LogP contribution in [0.5, 0.6) is 0 Å². The van der Waals surface area contributed by atoms with Gasteiger partial charge in [-0.2, -0.15) is 0 Å². The molecule has 0 aliphatic heterocycles. The van der Waals surface area contributed by atoms with Gasteiger partial charge in [-0.15, -0.1) is 0 Å². The first-order valence-electron chi connectivity index (χ1n) is 6.10. The van der Waals surface area contributed by atoms with Crippen LogP contribution in [0.1, 0.15) is 5.56 Å². The van der Waals surface area contributed by atoms with E-state index >= 15 is 0 Å². The second-order valence-electron chi connectivity index (χ2n) is 4.52. The molecule has 0 aromatic heterocycles. The maximum Gasteiger partial charge on any atom is 0.229 e. The summed E-state index contributed by atoms with van der Waals surface area (Å²) in [4.78, 5) is 0. The Morgan fingerprint density at radius 2 is 1.67 bits per heavy atom. The lowest BCUT2D eigenvalue weighted by Gasteiger charge is -2.13. The average molecular weight is 345 g/mol. The normalized spacial score (nSPS) is 11.2. The molecule has 4 nitrogen and oxygen atoms in total. The molecule has 2 N–H and O–H groups in total. The summed E-state index contributed by atoms with van der Waals surface area (Å²) >= 11 is 11.8. The van der Waals surface area contributed by atoms with Gasteiger partial charge in [0.1, 0.15) is 0 Å². The van der Waals surface area contributed by atoms with Crippen molar-refractivity contribution in [3.8, 4) is 0 Å². The van der Waals surface area contributed by atoms with E-state index in [0.717, 1.165) is 11.8 Å². The zero-order valence-corrected chi connectivity index (χ0v) is 13.6. The maximum atomic E-state index is 11.3. The highest BCUT2D eigenvalue weighted by Gasteiger charge is 2.07. The number of sulfonamides is 1. The number of hydrogen-bond acceptors (Lipinski definition) is 3. The maximum absolute atomic E-state index is 11.3. The van der Waals surface area contributed by atoms with Gasteiger partial charge in [0.2, 0.25) is 10.0 Å². The molecular weight excluding hydrogens is 331 g/mol. The van der Waals surface area contributed by atoms with Crippen molar-refractivity contribution >= 4 is 44.6 Å². The second kappa shape index (κ2) is 6.56. The van der Waals surface area contributed by atoms with Crippen LogP contribution in [-0.4, -0.2) is 14.7 Å². The van der Waals surface area contributed by atoms with Crippen LogP contribution in [0.25, 0.3) is 0 Å². The van der Waals surface area contributed by atoms with Crippen LogP contribution >= 0.6 is 23.2 Å². The molecule has 0 heterocycles. The van der Waals surface area contributed by atoms with Crippen molar-refractivity contribution < 1.29 is 8.42 Å². The third kappa shape index (κ3) is 4.81. The molecule has 2 aromatic carbocycles. The summed E-state index contributed by atoms with van der Waals surface area (Å²) in [5.41, 5.74) is 2.13. The van der Waals surface area contributed by atoms with Crippen LogP contribution in [-0.2, 0) is 16.6 Å². The van der Waals surface area contributed by atoms with Crippen LogP contribution in [0.15, 0.2) is 42.5 Å². The molecule has 21 heavy (non-hydrogen) atoms. The van der Waals surface area contributed by atoms with Gasteiger partial charge in [0.15, 0.2) is 0 Å². The molecule has 0 bridgehead atoms. The van der Waals surface area contributed by atoms with E-state index in [1.165, 1.54) is 0 Å². The Morgan fingerprint density at radius 3 is 2.29 bits per heavy atom. The van der Waals surface area contributed by atoms with E-state index in [1.54, 1.807) is 30.3 Å². The lowest BCUT2D eigenvalue weighted by Crippen LogP contribution is -2.11. The monoisotopic (exact) mass is 344 g/mol. The fraction of sp³-hybridized carbons (Fsp3) is 0.143. The second-order valence-corrected chi connectivity index (χ2v) is 7.08. The van der Waals surface area contributed by atoms with Crippen molar-refractivity contribution in [3.63, 3.8) is 0 Å². The van der Waals surface area contributed by atoms with Gasteiger partial charge in [-0.3, -0.25) is 4.72 Å². The highest BCUT2D eigenvalue weighted by atomic mass is 35.5. The number of para-hydroxylation sites is 2. The summed E-state index contributed by atoms with van der Waals surface area (Å²) in [5, 5.41) is 4.15. The van der Waals surface area contributed by atoms with Gasteiger partial charge in [0.25, 0.3) is 0 Å². The zero-order valence-electron chi connectivity index (χ0n) is 11.2. The fourth-order valence-electron chi connectivity index (χ4n) is 1.77. The molecular formula is C14H14Cl2N2O2S. The molecule has 0 saturated heterocycles. The Morgan fingerprint density at radius 1 is 1.00 bits per heavy atom. The molecule has 2 aromatic rings. The van der Waals surface area contributed by atoms with Gasteiger partial charge < -0.3 is 5.32 Å². The van der Waals surface area contributed by atoms with E-state index in [-0.39, 0.29) is 0 Å². The van der Waals surface area contributed by atoms with Gasteiger partial charge in [-0.1, -0.05) is 41.4 Å². The van der Waals surface area contributed by atoms with Crippen molar-refractivity contribution in [1.29, 1.82) is 0 Å². The number of nitrogens with one attached hydrogen (secondary N) is 2. The first-order valence-corrected chi connectivity index (χ1v) is 8.74. The summed E-state index contributed by atoms with van der Waals surface area (Å²) in [5.74, 6) is 0. The third-order valence-corrected chi connectivity index (χ3v) is 4.02. The van der Waals surface area contributed by atoms with E-state index in [0.29, 0.717) is 28.0 Å². The Kier molecular flexibility index (Phi) is 4.98. The number of benzene rings is 2. The SMILES string of the molecule is CS(=O)(=O)Nc1ccccc1NCc1ccc(Cl)c(Cl)c1. The van der Waals surface area contributed by atoms with Crippen LogP contribution in [0.4, 0.5) is 11.4 Å². The van der Waals surface area contributed by atoms with Gasteiger partial charge >= 0.3 is 0 Å². The standard InChI is InChI=1S/C14H14Cl2N2O2S/c1-21(19,20)18-14-5-3-2-4-13(14)17-9-10-6-7-11(15)12(16)8-10/h2-8,17-18H,9H2,1H3. The highest BCUT2D eigenvalue weighted by Crippen LogP contribution is 2.25. The summed E-state index contributed by atoms with van der Waals surface area (Å²) in [6.07, 6.45) is 1.11. The lowest BCUT2D eigenvalue weighted by atomic mass is 10.2. The molecule has 7 heteroatoms. The predicted octanol–water partition coefficient (Wildman–Crippen LogP) is 3.98. The fourth-order valence-corrected chi connectivity index (χ4v) is 2.67. The molecule has 0 radical (unpaired) electrons. The minimum absolute atomic E-state index is 0.485. The van der Waals surface area contributed by atoms with E-state index < -0.39 is 10.0 Å². The van der Waals surface area contributed by atoms with E-state index in [2.05, 4.69) is 10.0 Å². The molecule has 2 rings (SSSR count). The lowest BCUT2D eigenvalue weighted by molar-refractivity contribution is 0.607. The quantitative estimate of drug-likeness (QED) is 0.862. The van der Waals surface area contributed by atoms with E-state index in [1.807, 2.05) is 12.1 Å². The van der Waals surface area contributed by atoms with E-state index in [9.17, 15) is 8.42 Å². The Hall–Kier alpha value is -1.43. The molecule has 0 amide bonds. The molecule has 0 aliphatic carbocycles. The summed E-state index contributed by atoms with van der Waals surface area (Å²) in [7, 11) is -3.32. The summed E-state index contributed by atoms with van der Waals surface area (Å²) in [6, 6.07) is 12.4. The van der Waals surface area contributed by atoms with E-state index in [4.69, 9.17) is 23.2 Å². The molecule has 0 spiro atoms. The number of halogens is 2. The van der Waals surface area contributed by atoms with Gasteiger partial charge in [0.05, 0.1) is 27.7 Å². The smallest absolute Gasteiger partial charge is 0.229 e. The van der Waals surface area contributed by atoms with Crippen LogP contribution in [0.3, 0.4) is 0 Å². The molecule has 0 saturated carbocycles. The van der Waals surface area contributed by atoms with Crippen molar-refractivity contribution in [3.05, 3.63) is 58.1 Å². The van der Waals surface area contributed by atoms with Gasteiger partial charge in [-0.25, -0.2) is 8.42 Å². The largest absolute Gasteiger partial charge is 0.379 e. The Labute approximate surface area is 134 Å². The van der Waals surface area contributed by atoms with Gasteiger partial charge in [0, 0.05) is 6.54 Å². The zero-order chi connectivity index (χ0) is 15.5. The Bertz CT molecular complexity index is 748. The molecule has 0 aliphatic rings. The summed E-state index contributed by atoms with van der Waals surface area (Å²) < 4.78 is 25.1. The first kappa shape index (κ1) is 15.9. The molecule has 112 valence electrons. The predicted molar refractivity (Wildman–Crippen MR) is 88.7 cm³/mol. The topological polar surface area (TPSA) is 58.2 Å². The van der Waals surface area contributed by atoms with Gasteiger partial charge in [-0.05, 0) is 29.8 Å². The Balaban J connectivity index is 2.14. The van der Waals surface area contributed by atoms with Crippen molar-refractivity contribution in [1.82, 2.24) is 0 Å². The third-order valence-electron chi connectivity index (χ3n) is 2.69. The minimum Gasteiger partial charge on any atom is -0.379 e. The van der Waals surface area contributed by atoms with Crippen LogP contribution < -0.4 is 10.0 Å². The number of hydrogen-bond donors (Lipinski definition) is 2. The van der Waals surface area contributed by atoms with Crippen molar-refractivity contribution in [2.24, 2.45) is 0 Å². The van der Waals surface area contributed by atoms with Crippen molar-refractivity contribution in [2.45, 2.75) is 6.54 Å². The average Bonchev–Trinajstić information content (AvgIpc) is 2.40. The molecule has 0 atom stereocenters. The number of rotatable bonds is 5. The number of anilines is 2. The highest BCUT2D eigenvalue weighted by molar-refractivity contribution is 7.92. The van der Waals surface area contributed by atoms with Crippen molar-refractivity contribution in [2.75, 3.05) is 16.3 Å². The molecule has 0 fully saturated rings.